The summed E-state index contributed by atoms with van der Waals surface area (Å²) in [6, 6.07) is 0. The summed E-state index contributed by atoms with van der Waals surface area (Å²) in [6.07, 6.45) is 0. The second kappa shape index (κ2) is 8.00. The molecule has 0 aliphatic heterocycles. The number of nitrogens with one attached hydrogen (secondary N) is 2. The molecule has 0 bridgehead atoms. The van der Waals surface area contributed by atoms with Gasteiger partial charge in [0.1, 0.15) is 0 Å². The van der Waals surface area contributed by atoms with E-state index in [4.69, 9.17) is 19.6 Å². The molecule has 0 aromatic carbocycles. The van der Waals surface area contributed by atoms with Crippen molar-refractivity contribution >= 4 is 16.3 Å². The van der Waals surface area contributed by atoms with E-state index in [-0.39, 0.29) is 0 Å². The van der Waals surface area contributed by atoms with Gasteiger partial charge in [-0.1, -0.05) is 0 Å². The van der Waals surface area contributed by atoms with E-state index in [1.807, 2.05) is 5.48 Å². The van der Waals surface area contributed by atoms with Crippen LogP contribution in [0.1, 0.15) is 0 Å². The lowest BCUT2D eigenvalue weighted by molar-refractivity contribution is 0.141. The highest BCUT2D eigenvalue weighted by atomic mass is 31.2. The quantitative estimate of drug-likeness (QED) is 0.255. The molecular weight excluding hydrogens is 210 g/mol. The van der Waals surface area contributed by atoms with Crippen molar-refractivity contribution in [1.29, 1.82) is 0 Å². The standard InChI is InChI=1S/CH6NO4P.CH6NO2P/c1-2-6-7(3,4)5;1-2-5(3)4/h2H,1H3,(H2,3,4,5);2-4H,1H3. The smallest absolute Gasteiger partial charge is 0.338 e. The Labute approximate surface area is 70.7 Å². The van der Waals surface area contributed by atoms with E-state index in [9.17, 15) is 4.57 Å². The van der Waals surface area contributed by atoms with E-state index < -0.39 is 16.3 Å². The van der Waals surface area contributed by atoms with Crippen LogP contribution < -0.4 is 10.6 Å². The first-order valence-electron chi connectivity index (χ1n) is 2.59. The molecular formula is C2H12N2O6P2. The molecule has 0 fully saturated rings. The Morgan fingerprint density at radius 2 is 1.67 bits per heavy atom. The molecule has 0 saturated carbocycles. The zero-order valence-electron chi connectivity index (χ0n) is 6.50. The predicted octanol–water partition coefficient (Wildman–Crippen LogP) is -1.35. The van der Waals surface area contributed by atoms with Crippen LogP contribution in [0.25, 0.3) is 0 Å². The maximum absolute atomic E-state index is 9.64. The van der Waals surface area contributed by atoms with Gasteiger partial charge in [-0.05, 0) is 7.05 Å². The summed E-state index contributed by atoms with van der Waals surface area (Å²) in [5.41, 5.74) is 1.84. The highest BCUT2D eigenvalue weighted by Crippen LogP contribution is 2.33. The Balaban J connectivity index is 0. The van der Waals surface area contributed by atoms with Gasteiger partial charge in [0.05, 0.1) is 0 Å². The molecule has 0 aromatic rings. The largest absolute Gasteiger partial charge is 0.486 e. The summed E-state index contributed by atoms with van der Waals surface area (Å²) < 4.78 is 13.3. The lowest BCUT2D eigenvalue weighted by Gasteiger charge is -1.98. The number of hydroxylamine groups is 1. The number of hydrogen-bond acceptors (Lipinski definition) is 6. The van der Waals surface area contributed by atoms with Gasteiger partial charge in [0.15, 0.2) is 0 Å². The van der Waals surface area contributed by atoms with Gasteiger partial charge in [-0.25, -0.2) is 4.57 Å². The van der Waals surface area contributed by atoms with Gasteiger partial charge in [-0.15, -0.1) is 0 Å². The van der Waals surface area contributed by atoms with E-state index in [0.29, 0.717) is 0 Å². The fourth-order valence-corrected chi connectivity index (χ4v) is 0.357. The lowest BCUT2D eigenvalue weighted by atomic mass is 11.6. The second-order valence-corrected chi connectivity index (χ2v) is 3.49. The molecule has 0 radical (unpaired) electrons. The molecule has 8 nitrogen and oxygen atoms in total. The minimum Gasteiger partial charge on any atom is -0.338 e. The third kappa shape index (κ3) is 22.4. The van der Waals surface area contributed by atoms with Crippen molar-refractivity contribution in [3.8, 4) is 0 Å². The van der Waals surface area contributed by atoms with Crippen molar-refractivity contribution in [3.05, 3.63) is 0 Å². The molecule has 0 rings (SSSR count). The van der Waals surface area contributed by atoms with Crippen LogP contribution in [-0.2, 0) is 9.19 Å². The van der Waals surface area contributed by atoms with E-state index in [1.54, 1.807) is 0 Å². The van der Waals surface area contributed by atoms with Crippen LogP contribution in [0, 0.1) is 0 Å². The van der Waals surface area contributed by atoms with Crippen LogP contribution in [0.2, 0.25) is 0 Å². The highest BCUT2D eigenvalue weighted by molar-refractivity contribution is 7.46. The van der Waals surface area contributed by atoms with E-state index in [0.717, 1.165) is 0 Å². The molecule has 0 spiro atoms. The first-order valence-corrected chi connectivity index (χ1v) is 5.37. The van der Waals surface area contributed by atoms with Gasteiger partial charge in [-0.3, -0.25) is 5.09 Å². The van der Waals surface area contributed by atoms with Crippen LogP contribution in [0.15, 0.2) is 0 Å². The minimum absolute atomic E-state index is 1.26. The molecule has 12 heavy (non-hydrogen) atoms. The Morgan fingerprint density at radius 1 is 1.33 bits per heavy atom. The first-order chi connectivity index (χ1) is 5.33. The summed E-state index contributed by atoms with van der Waals surface area (Å²) in [4.78, 5) is 31.4. The molecule has 0 aromatic heterocycles. The highest BCUT2D eigenvalue weighted by Gasteiger charge is 2.11. The molecule has 0 amide bonds. The molecule has 0 aliphatic carbocycles. The van der Waals surface area contributed by atoms with Gasteiger partial charge in [0.25, 0.3) is 0 Å². The summed E-state index contributed by atoms with van der Waals surface area (Å²) >= 11 is 0. The lowest BCUT2D eigenvalue weighted by Crippen LogP contribution is -2.03. The Bertz CT molecular complexity index is 136. The molecule has 0 atom stereocenters. The molecule has 10 heteroatoms. The van der Waals surface area contributed by atoms with Crippen LogP contribution in [0.5, 0.6) is 0 Å². The van der Waals surface area contributed by atoms with Crippen LogP contribution in [0.4, 0.5) is 0 Å². The maximum atomic E-state index is 9.64. The Hall–Kier alpha value is 0.380. The summed E-state index contributed by atoms with van der Waals surface area (Å²) in [5, 5.41) is 2.20. The van der Waals surface area contributed by atoms with Crippen molar-refractivity contribution in [2.24, 2.45) is 0 Å². The van der Waals surface area contributed by atoms with Crippen molar-refractivity contribution in [3.63, 3.8) is 0 Å². The summed E-state index contributed by atoms with van der Waals surface area (Å²) in [7, 11) is -3.38. The average Bonchev–Trinajstić information content (AvgIpc) is 1.86. The SMILES string of the molecule is CNOP(=O)(O)O.CNP(O)O. The third-order valence-corrected chi connectivity index (χ3v) is 1.23. The fraction of sp³-hybridized carbons (Fsp3) is 1.00. The Morgan fingerprint density at radius 3 is 1.67 bits per heavy atom. The topological polar surface area (TPSA) is 131 Å². The van der Waals surface area contributed by atoms with Crippen LogP contribution >= 0.6 is 16.3 Å². The number of hydrogen-bond donors (Lipinski definition) is 6. The molecule has 0 saturated heterocycles. The molecule has 0 unspecified atom stereocenters. The predicted molar refractivity (Wildman–Crippen MR) is 42.6 cm³/mol. The van der Waals surface area contributed by atoms with Gasteiger partial charge in [0, 0.05) is 7.05 Å². The van der Waals surface area contributed by atoms with Crippen LogP contribution in [-0.4, -0.2) is 33.7 Å². The molecule has 0 heterocycles. The second-order valence-electron chi connectivity index (χ2n) is 1.30. The number of rotatable bonds is 3. The average molecular weight is 222 g/mol. The van der Waals surface area contributed by atoms with Crippen molar-refractivity contribution in [2.45, 2.75) is 0 Å². The fourth-order valence-electron chi connectivity index (χ4n) is 0.119. The summed E-state index contributed by atoms with van der Waals surface area (Å²) in [5.74, 6) is 0. The van der Waals surface area contributed by atoms with E-state index >= 15 is 0 Å². The van der Waals surface area contributed by atoms with E-state index in [1.165, 1.54) is 14.1 Å². The molecule has 6 N–H and O–H groups in total. The van der Waals surface area contributed by atoms with Crippen molar-refractivity contribution in [1.82, 2.24) is 10.6 Å². The normalized spacial score (nSPS) is 10.9. The summed E-state index contributed by atoms with van der Waals surface area (Å²) in [6.45, 7) is 0. The van der Waals surface area contributed by atoms with Gasteiger partial charge in [0.2, 0.25) is 8.53 Å². The zero-order valence-corrected chi connectivity index (χ0v) is 8.29. The van der Waals surface area contributed by atoms with Gasteiger partial charge in [-0.2, -0.15) is 10.1 Å². The van der Waals surface area contributed by atoms with Gasteiger partial charge >= 0.3 is 7.82 Å². The van der Waals surface area contributed by atoms with Gasteiger partial charge < -0.3 is 19.6 Å². The van der Waals surface area contributed by atoms with Crippen molar-refractivity contribution in [2.75, 3.05) is 14.1 Å². The monoisotopic (exact) mass is 222 g/mol. The third-order valence-electron chi connectivity index (χ3n) is 0.410. The number of phosphoric acid groups is 1. The Kier molecular flexibility index (Phi) is 9.92. The zero-order chi connectivity index (χ0) is 10.2. The first kappa shape index (κ1) is 14.9. The molecule has 76 valence electrons. The van der Waals surface area contributed by atoms with Crippen LogP contribution in [0.3, 0.4) is 0 Å². The maximum Gasteiger partial charge on any atom is 0.486 e. The minimum atomic E-state index is -4.28. The van der Waals surface area contributed by atoms with E-state index in [2.05, 4.69) is 9.71 Å². The van der Waals surface area contributed by atoms with Crippen molar-refractivity contribution < 1.29 is 28.8 Å². The molecule has 0 aliphatic rings.